The van der Waals surface area contributed by atoms with Gasteiger partial charge >= 0.3 is 6.03 Å². The Kier molecular flexibility index (Phi) is 7.06. The molecule has 0 saturated heterocycles. The summed E-state index contributed by atoms with van der Waals surface area (Å²) in [5.74, 6) is 0.420. The summed E-state index contributed by atoms with van der Waals surface area (Å²) < 4.78 is 0. The van der Waals surface area contributed by atoms with E-state index in [4.69, 9.17) is 5.11 Å². The largest absolute Gasteiger partial charge is 0.396 e. The molecule has 1 aliphatic rings. The van der Waals surface area contributed by atoms with Crippen molar-refractivity contribution >= 4 is 17.8 Å². The van der Waals surface area contributed by atoms with Crippen molar-refractivity contribution in [3.8, 4) is 0 Å². The molecule has 122 valence electrons. The van der Waals surface area contributed by atoms with Gasteiger partial charge in [0.05, 0.1) is 0 Å². The predicted octanol–water partition coefficient (Wildman–Crippen LogP) is 3.02. The average Bonchev–Trinajstić information content (AvgIpc) is 2.55. The minimum Gasteiger partial charge on any atom is -0.396 e. The maximum absolute atomic E-state index is 11.9. The SMILES string of the molecule is CC(CNC(=O)NC1CCC(CO)CC1)Sc1ccccc1. The van der Waals surface area contributed by atoms with Gasteiger partial charge in [0.15, 0.2) is 0 Å². The molecule has 1 aromatic carbocycles. The molecule has 3 N–H and O–H groups in total. The number of thioether (sulfide) groups is 1. The highest BCUT2D eigenvalue weighted by Gasteiger charge is 2.21. The molecule has 1 saturated carbocycles. The van der Waals surface area contributed by atoms with Gasteiger partial charge in [-0.15, -0.1) is 11.8 Å². The molecule has 2 amide bonds. The summed E-state index contributed by atoms with van der Waals surface area (Å²) in [6, 6.07) is 10.4. The van der Waals surface area contributed by atoms with Gasteiger partial charge in [-0.2, -0.15) is 0 Å². The normalized spacial score (nSPS) is 22.8. The van der Waals surface area contributed by atoms with E-state index in [1.54, 1.807) is 11.8 Å². The fourth-order valence-electron chi connectivity index (χ4n) is 2.74. The number of nitrogens with one attached hydrogen (secondary N) is 2. The highest BCUT2D eigenvalue weighted by atomic mass is 32.2. The van der Waals surface area contributed by atoms with E-state index in [1.165, 1.54) is 4.90 Å². The van der Waals surface area contributed by atoms with Crippen LogP contribution in [0.15, 0.2) is 35.2 Å². The molecular formula is C17H26N2O2S. The van der Waals surface area contributed by atoms with Gasteiger partial charge in [0.1, 0.15) is 0 Å². The van der Waals surface area contributed by atoms with Crippen molar-refractivity contribution in [2.24, 2.45) is 5.92 Å². The summed E-state index contributed by atoms with van der Waals surface area (Å²) in [6.45, 7) is 3.04. The second-order valence-electron chi connectivity index (χ2n) is 6.00. The van der Waals surface area contributed by atoms with Crippen molar-refractivity contribution in [2.45, 2.75) is 48.8 Å². The smallest absolute Gasteiger partial charge is 0.315 e. The highest BCUT2D eigenvalue weighted by Crippen LogP contribution is 2.24. The Hall–Kier alpha value is -1.20. The minimum absolute atomic E-state index is 0.0760. The van der Waals surface area contributed by atoms with Gasteiger partial charge in [-0.25, -0.2) is 4.79 Å². The molecule has 4 nitrogen and oxygen atoms in total. The van der Waals surface area contributed by atoms with E-state index in [0.717, 1.165) is 25.7 Å². The first kappa shape index (κ1) is 17.2. The van der Waals surface area contributed by atoms with Gasteiger partial charge in [-0.05, 0) is 43.7 Å². The summed E-state index contributed by atoms with van der Waals surface area (Å²) in [5.41, 5.74) is 0. The maximum atomic E-state index is 11.9. The summed E-state index contributed by atoms with van der Waals surface area (Å²) in [5, 5.41) is 15.5. The van der Waals surface area contributed by atoms with Crippen molar-refractivity contribution in [2.75, 3.05) is 13.2 Å². The van der Waals surface area contributed by atoms with Gasteiger partial charge in [-0.1, -0.05) is 25.1 Å². The Morgan fingerprint density at radius 1 is 1.27 bits per heavy atom. The van der Waals surface area contributed by atoms with Crippen LogP contribution in [0.2, 0.25) is 0 Å². The second kappa shape index (κ2) is 9.06. The topological polar surface area (TPSA) is 61.4 Å². The van der Waals surface area contributed by atoms with E-state index in [-0.39, 0.29) is 18.7 Å². The van der Waals surface area contributed by atoms with Crippen LogP contribution in [0.3, 0.4) is 0 Å². The van der Waals surface area contributed by atoms with Crippen molar-refractivity contribution in [1.82, 2.24) is 10.6 Å². The van der Waals surface area contributed by atoms with Gasteiger partial charge in [0, 0.05) is 29.3 Å². The molecule has 1 aliphatic carbocycles. The van der Waals surface area contributed by atoms with Crippen LogP contribution in [-0.2, 0) is 0 Å². The third-order valence-electron chi connectivity index (χ3n) is 4.07. The van der Waals surface area contributed by atoms with Crippen LogP contribution in [0, 0.1) is 5.92 Å². The first-order valence-electron chi connectivity index (χ1n) is 8.04. The van der Waals surface area contributed by atoms with E-state index in [1.807, 2.05) is 18.2 Å². The number of benzene rings is 1. The molecule has 1 unspecified atom stereocenters. The van der Waals surface area contributed by atoms with Crippen LogP contribution in [0.4, 0.5) is 4.79 Å². The Morgan fingerprint density at radius 2 is 1.95 bits per heavy atom. The summed E-state index contributed by atoms with van der Waals surface area (Å²) in [6.07, 6.45) is 3.93. The number of rotatable bonds is 6. The number of amides is 2. The van der Waals surface area contributed by atoms with Gasteiger partial charge in [0.2, 0.25) is 0 Å². The zero-order valence-electron chi connectivity index (χ0n) is 13.1. The molecule has 0 aromatic heterocycles. The van der Waals surface area contributed by atoms with Crippen molar-refractivity contribution in [3.63, 3.8) is 0 Å². The Morgan fingerprint density at radius 3 is 2.59 bits per heavy atom. The molecule has 22 heavy (non-hydrogen) atoms. The van der Waals surface area contributed by atoms with Crippen molar-refractivity contribution in [3.05, 3.63) is 30.3 Å². The van der Waals surface area contributed by atoms with Gasteiger partial charge < -0.3 is 15.7 Å². The first-order chi connectivity index (χ1) is 10.7. The zero-order valence-corrected chi connectivity index (χ0v) is 13.9. The standard InChI is InChI=1S/C17H26N2O2S/c1-13(22-16-5-3-2-4-6-16)11-18-17(21)19-15-9-7-14(12-20)8-10-15/h2-6,13-15,20H,7-12H2,1H3,(H2,18,19,21). The lowest BCUT2D eigenvalue weighted by molar-refractivity contribution is 0.174. The highest BCUT2D eigenvalue weighted by molar-refractivity contribution is 8.00. The molecule has 0 heterocycles. The van der Waals surface area contributed by atoms with Crippen molar-refractivity contribution < 1.29 is 9.90 Å². The molecule has 1 aromatic rings. The molecular weight excluding hydrogens is 296 g/mol. The molecule has 1 fully saturated rings. The zero-order chi connectivity index (χ0) is 15.8. The maximum Gasteiger partial charge on any atom is 0.315 e. The van der Waals surface area contributed by atoms with Crippen molar-refractivity contribution in [1.29, 1.82) is 0 Å². The number of aliphatic hydroxyl groups is 1. The van der Waals surface area contributed by atoms with E-state index >= 15 is 0 Å². The average molecular weight is 322 g/mol. The molecule has 5 heteroatoms. The van der Waals surface area contributed by atoms with Crippen LogP contribution in [0.1, 0.15) is 32.6 Å². The van der Waals surface area contributed by atoms with E-state index < -0.39 is 0 Å². The number of carbonyl (C=O) groups is 1. The van der Waals surface area contributed by atoms with Gasteiger partial charge in [-0.3, -0.25) is 0 Å². The number of carbonyl (C=O) groups excluding carboxylic acids is 1. The van der Waals surface area contributed by atoms with E-state index in [9.17, 15) is 4.79 Å². The number of hydrogen-bond donors (Lipinski definition) is 3. The molecule has 1 atom stereocenters. The lowest BCUT2D eigenvalue weighted by Crippen LogP contribution is -2.45. The summed E-state index contributed by atoms with van der Waals surface area (Å²) in [7, 11) is 0. The molecule has 2 rings (SSSR count). The van der Waals surface area contributed by atoms with E-state index in [0.29, 0.717) is 17.7 Å². The Balaban J connectivity index is 1.63. The lowest BCUT2D eigenvalue weighted by atomic mass is 9.87. The number of hydrogen-bond acceptors (Lipinski definition) is 3. The van der Waals surface area contributed by atoms with Crippen LogP contribution < -0.4 is 10.6 Å². The molecule has 0 aliphatic heterocycles. The van der Waals surface area contributed by atoms with Gasteiger partial charge in [0.25, 0.3) is 0 Å². The first-order valence-corrected chi connectivity index (χ1v) is 8.92. The Labute approximate surface area is 137 Å². The van der Waals surface area contributed by atoms with Crippen LogP contribution >= 0.6 is 11.8 Å². The summed E-state index contributed by atoms with van der Waals surface area (Å²) >= 11 is 1.76. The third kappa shape index (κ3) is 5.89. The lowest BCUT2D eigenvalue weighted by Gasteiger charge is -2.28. The van der Waals surface area contributed by atoms with Crippen LogP contribution in [0.5, 0.6) is 0 Å². The third-order valence-corrected chi connectivity index (χ3v) is 5.18. The molecule has 0 radical (unpaired) electrons. The number of aliphatic hydroxyl groups excluding tert-OH is 1. The minimum atomic E-state index is -0.0760. The van der Waals surface area contributed by atoms with Crippen LogP contribution in [0.25, 0.3) is 0 Å². The summed E-state index contributed by atoms with van der Waals surface area (Å²) in [4.78, 5) is 13.2. The molecule has 0 bridgehead atoms. The fourth-order valence-corrected chi connectivity index (χ4v) is 3.68. The quantitative estimate of drug-likeness (QED) is 0.706. The second-order valence-corrected chi connectivity index (χ2v) is 7.51. The fraction of sp³-hybridized carbons (Fsp3) is 0.588. The monoisotopic (exact) mass is 322 g/mol. The van der Waals surface area contributed by atoms with E-state index in [2.05, 4.69) is 29.7 Å². The predicted molar refractivity (Wildman–Crippen MR) is 91.1 cm³/mol. The molecule has 0 spiro atoms. The number of urea groups is 1. The Bertz CT molecular complexity index is 447. The van der Waals surface area contributed by atoms with Crippen LogP contribution in [-0.4, -0.2) is 35.6 Å².